The summed E-state index contributed by atoms with van der Waals surface area (Å²) in [6.07, 6.45) is 2.50. The van der Waals surface area contributed by atoms with E-state index in [0.29, 0.717) is 13.2 Å². The molecule has 0 aliphatic heterocycles. The van der Waals surface area contributed by atoms with Crippen LogP contribution in [-0.2, 0) is 6.42 Å². The average molecular weight is 190 g/mol. The molecular weight excluding hydrogens is 176 g/mol. The molecule has 14 heavy (non-hydrogen) atoms. The molecule has 0 bridgehead atoms. The Morgan fingerprint density at radius 1 is 1.50 bits per heavy atom. The molecule has 0 amide bonds. The van der Waals surface area contributed by atoms with Crippen molar-refractivity contribution in [2.45, 2.75) is 13.3 Å². The van der Waals surface area contributed by atoms with E-state index in [1.54, 1.807) is 13.1 Å². The number of rotatable bonds is 4. The highest BCUT2D eigenvalue weighted by Crippen LogP contribution is 2.08. The molecule has 1 rings (SSSR count). The van der Waals surface area contributed by atoms with Gasteiger partial charge in [-0.3, -0.25) is 4.98 Å². The second-order valence-electron chi connectivity index (χ2n) is 2.74. The molecule has 0 fully saturated rings. The third kappa shape index (κ3) is 3.46. The highest BCUT2D eigenvalue weighted by molar-refractivity contribution is 5.20. The minimum Gasteiger partial charge on any atom is -0.479 e. The fourth-order valence-corrected chi connectivity index (χ4v) is 0.984. The Morgan fingerprint density at radius 3 is 2.93 bits per heavy atom. The summed E-state index contributed by atoms with van der Waals surface area (Å²) in [7, 11) is 0. The minimum absolute atomic E-state index is 0.411. The normalized spacial score (nSPS) is 9.00. The Bertz CT molecular complexity index is 321. The van der Waals surface area contributed by atoms with Gasteiger partial charge in [0, 0.05) is 12.1 Å². The quantitative estimate of drug-likeness (QED) is 0.720. The molecular formula is C11H14N2O. The molecule has 3 heteroatoms. The van der Waals surface area contributed by atoms with Crippen LogP contribution in [-0.4, -0.2) is 18.1 Å². The maximum absolute atomic E-state index is 5.41. The van der Waals surface area contributed by atoms with E-state index in [9.17, 15) is 0 Å². The van der Waals surface area contributed by atoms with Crippen LogP contribution >= 0.6 is 0 Å². The number of pyridine rings is 1. The number of ether oxygens (including phenoxy) is 1. The lowest BCUT2D eigenvalue weighted by molar-refractivity contribution is 0.368. The molecule has 1 heterocycles. The third-order valence-electron chi connectivity index (χ3n) is 1.69. The lowest BCUT2D eigenvalue weighted by atomic mass is 10.3. The predicted molar refractivity (Wildman–Crippen MR) is 55.9 cm³/mol. The van der Waals surface area contributed by atoms with Crippen molar-refractivity contribution in [2.75, 3.05) is 13.2 Å². The summed E-state index contributed by atoms with van der Waals surface area (Å²) < 4.78 is 5.31. The Kier molecular flexibility index (Phi) is 4.53. The molecule has 0 aromatic carbocycles. The second-order valence-corrected chi connectivity index (χ2v) is 2.74. The molecule has 0 saturated carbocycles. The van der Waals surface area contributed by atoms with E-state index in [4.69, 9.17) is 10.5 Å². The van der Waals surface area contributed by atoms with E-state index in [0.717, 1.165) is 17.9 Å². The van der Waals surface area contributed by atoms with Gasteiger partial charge in [-0.2, -0.15) is 0 Å². The first-order valence-corrected chi connectivity index (χ1v) is 4.54. The van der Waals surface area contributed by atoms with E-state index in [1.807, 2.05) is 12.1 Å². The Hall–Kier alpha value is -1.53. The van der Waals surface area contributed by atoms with E-state index in [2.05, 4.69) is 16.8 Å². The molecule has 1 aromatic rings. The van der Waals surface area contributed by atoms with Gasteiger partial charge in [-0.15, -0.1) is 5.92 Å². The Labute approximate surface area is 84.3 Å². The zero-order chi connectivity index (χ0) is 10.2. The fourth-order valence-electron chi connectivity index (χ4n) is 0.984. The van der Waals surface area contributed by atoms with Gasteiger partial charge in [0.15, 0.2) is 0 Å². The first kappa shape index (κ1) is 10.6. The minimum atomic E-state index is 0.411. The summed E-state index contributed by atoms with van der Waals surface area (Å²) in [6, 6.07) is 3.80. The lowest BCUT2D eigenvalue weighted by Gasteiger charge is -2.02. The number of aromatic nitrogens is 1. The van der Waals surface area contributed by atoms with Gasteiger partial charge >= 0.3 is 0 Å². The number of nitrogens with zero attached hydrogens (tertiary/aromatic N) is 1. The average Bonchev–Trinajstić information content (AvgIpc) is 2.21. The molecule has 0 saturated heterocycles. The summed E-state index contributed by atoms with van der Waals surface area (Å²) in [4.78, 5) is 4.19. The highest BCUT2D eigenvalue weighted by Gasteiger charge is 1.94. The van der Waals surface area contributed by atoms with Gasteiger partial charge in [-0.1, -0.05) is 5.92 Å². The van der Waals surface area contributed by atoms with Crippen LogP contribution in [0, 0.1) is 11.8 Å². The van der Waals surface area contributed by atoms with E-state index < -0.39 is 0 Å². The van der Waals surface area contributed by atoms with Crippen molar-refractivity contribution < 1.29 is 4.74 Å². The second kappa shape index (κ2) is 6.01. The molecule has 0 aliphatic rings. The van der Waals surface area contributed by atoms with Gasteiger partial charge in [-0.05, 0) is 25.6 Å². The molecule has 1 aromatic heterocycles. The summed E-state index contributed by atoms with van der Waals surface area (Å²) in [6.45, 7) is 2.81. The number of nitrogens with two attached hydrogens (primary N) is 1. The van der Waals surface area contributed by atoms with Crippen molar-refractivity contribution in [2.24, 2.45) is 5.73 Å². The van der Waals surface area contributed by atoms with Crippen LogP contribution in [0.1, 0.15) is 12.6 Å². The molecule has 0 unspecified atom stereocenters. The van der Waals surface area contributed by atoms with Crippen LogP contribution in [0.3, 0.4) is 0 Å². The molecule has 3 nitrogen and oxygen atoms in total. The van der Waals surface area contributed by atoms with Crippen LogP contribution in [0.15, 0.2) is 18.3 Å². The first-order valence-electron chi connectivity index (χ1n) is 4.54. The smallest absolute Gasteiger partial charge is 0.149 e. The molecule has 74 valence electrons. The van der Waals surface area contributed by atoms with Gasteiger partial charge in [0.1, 0.15) is 12.4 Å². The van der Waals surface area contributed by atoms with Gasteiger partial charge in [-0.25, -0.2) is 0 Å². The van der Waals surface area contributed by atoms with Crippen LogP contribution in [0.4, 0.5) is 0 Å². The van der Waals surface area contributed by atoms with E-state index >= 15 is 0 Å². The van der Waals surface area contributed by atoms with Crippen molar-refractivity contribution in [1.29, 1.82) is 0 Å². The van der Waals surface area contributed by atoms with E-state index in [-0.39, 0.29) is 0 Å². The largest absolute Gasteiger partial charge is 0.479 e. The van der Waals surface area contributed by atoms with Crippen molar-refractivity contribution >= 4 is 0 Å². The Morgan fingerprint density at radius 2 is 2.36 bits per heavy atom. The zero-order valence-corrected chi connectivity index (χ0v) is 8.29. The zero-order valence-electron chi connectivity index (χ0n) is 8.29. The van der Waals surface area contributed by atoms with Crippen LogP contribution in [0.25, 0.3) is 0 Å². The summed E-state index contributed by atoms with van der Waals surface area (Å²) in [5.74, 6) is 6.32. The van der Waals surface area contributed by atoms with Crippen LogP contribution < -0.4 is 10.5 Å². The molecule has 0 radical (unpaired) electrons. The SMILES string of the molecule is CC#CCOc1ccc(CCN)nc1. The lowest BCUT2D eigenvalue weighted by Crippen LogP contribution is -2.04. The van der Waals surface area contributed by atoms with Crippen LogP contribution in [0.2, 0.25) is 0 Å². The molecule has 0 spiro atoms. The van der Waals surface area contributed by atoms with Gasteiger partial charge < -0.3 is 10.5 Å². The topological polar surface area (TPSA) is 48.1 Å². The monoisotopic (exact) mass is 190 g/mol. The van der Waals surface area contributed by atoms with Crippen molar-refractivity contribution in [3.8, 4) is 17.6 Å². The summed E-state index contributed by atoms with van der Waals surface area (Å²) in [5.41, 5.74) is 6.39. The van der Waals surface area contributed by atoms with E-state index in [1.165, 1.54) is 0 Å². The van der Waals surface area contributed by atoms with Crippen molar-refractivity contribution in [3.63, 3.8) is 0 Å². The van der Waals surface area contributed by atoms with Crippen LogP contribution in [0.5, 0.6) is 5.75 Å². The Balaban J connectivity index is 2.49. The fraction of sp³-hybridized carbons (Fsp3) is 0.364. The molecule has 0 aliphatic carbocycles. The molecule has 0 atom stereocenters. The summed E-state index contributed by atoms with van der Waals surface area (Å²) >= 11 is 0. The van der Waals surface area contributed by atoms with Gasteiger partial charge in [0.2, 0.25) is 0 Å². The maximum atomic E-state index is 5.41. The third-order valence-corrected chi connectivity index (χ3v) is 1.69. The van der Waals surface area contributed by atoms with Crippen molar-refractivity contribution in [1.82, 2.24) is 4.98 Å². The maximum Gasteiger partial charge on any atom is 0.149 e. The van der Waals surface area contributed by atoms with Gasteiger partial charge in [0.25, 0.3) is 0 Å². The molecule has 2 N–H and O–H groups in total. The number of hydrogen-bond donors (Lipinski definition) is 1. The standard InChI is InChI=1S/C11H14N2O/c1-2-3-8-14-11-5-4-10(6-7-12)13-9-11/h4-5,9H,6-8,12H2,1H3. The van der Waals surface area contributed by atoms with Crippen molar-refractivity contribution in [3.05, 3.63) is 24.0 Å². The summed E-state index contributed by atoms with van der Waals surface area (Å²) in [5, 5.41) is 0. The van der Waals surface area contributed by atoms with Gasteiger partial charge in [0.05, 0.1) is 6.20 Å². The first-order chi connectivity index (χ1) is 6.86. The predicted octanol–water partition coefficient (Wildman–Crippen LogP) is 0.985. The highest BCUT2D eigenvalue weighted by atomic mass is 16.5. The number of hydrogen-bond acceptors (Lipinski definition) is 3.